The lowest BCUT2D eigenvalue weighted by atomic mass is 10.2. The SMILES string of the molecule is CC(O)CCN(C)CC(=O)c1cc(Br)sc1Br. The van der Waals surface area contributed by atoms with Crippen molar-refractivity contribution in [2.45, 2.75) is 19.4 Å². The van der Waals surface area contributed by atoms with E-state index < -0.39 is 0 Å². The number of carbonyl (C=O) groups excluding carboxylic acids is 1. The average Bonchev–Trinajstić information content (AvgIpc) is 2.55. The first-order valence-electron chi connectivity index (χ1n) is 5.24. The maximum absolute atomic E-state index is 12.0. The van der Waals surface area contributed by atoms with Gasteiger partial charge in [-0.15, -0.1) is 11.3 Å². The second-order valence-corrected chi connectivity index (χ2v) is 7.79. The van der Waals surface area contributed by atoms with Crippen LogP contribution in [0, 0.1) is 0 Å². The highest BCUT2D eigenvalue weighted by atomic mass is 79.9. The number of thiophene rings is 1. The van der Waals surface area contributed by atoms with Gasteiger partial charge in [0, 0.05) is 12.1 Å². The predicted molar refractivity (Wildman–Crippen MR) is 77.8 cm³/mol. The Morgan fingerprint density at radius 1 is 1.59 bits per heavy atom. The summed E-state index contributed by atoms with van der Waals surface area (Å²) in [6.45, 7) is 2.84. The van der Waals surface area contributed by atoms with Crippen LogP contribution in [0.1, 0.15) is 23.7 Å². The molecule has 0 amide bonds. The molecule has 1 unspecified atom stereocenters. The Labute approximate surface area is 122 Å². The molecule has 1 N–H and O–H groups in total. The van der Waals surface area contributed by atoms with E-state index >= 15 is 0 Å². The lowest BCUT2D eigenvalue weighted by Crippen LogP contribution is -2.28. The summed E-state index contributed by atoms with van der Waals surface area (Å²) >= 11 is 8.23. The Morgan fingerprint density at radius 2 is 2.24 bits per heavy atom. The summed E-state index contributed by atoms with van der Waals surface area (Å²) < 4.78 is 1.80. The second kappa shape index (κ2) is 6.99. The fourth-order valence-electron chi connectivity index (χ4n) is 1.35. The summed E-state index contributed by atoms with van der Waals surface area (Å²) in [6, 6.07) is 1.83. The number of aliphatic hydroxyl groups is 1. The number of Topliss-reactive ketones (excluding diaryl/α,β-unsaturated/α-hetero) is 1. The van der Waals surface area contributed by atoms with E-state index in [2.05, 4.69) is 31.9 Å². The molecule has 0 fully saturated rings. The van der Waals surface area contributed by atoms with Gasteiger partial charge in [0.15, 0.2) is 5.78 Å². The first-order chi connectivity index (χ1) is 7.90. The van der Waals surface area contributed by atoms with Crippen LogP contribution in [0.4, 0.5) is 0 Å². The van der Waals surface area contributed by atoms with Crippen molar-refractivity contribution in [2.75, 3.05) is 20.1 Å². The van der Waals surface area contributed by atoms with E-state index in [4.69, 9.17) is 0 Å². The highest BCUT2D eigenvalue weighted by molar-refractivity contribution is 9.12. The molecule has 0 aliphatic rings. The van der Waals surface area contributed by atoms with E-state index in [1.54, 1.807) is 6.92 Å². The maximum Gasteiger partial charge on any atom is 0.178 e. The predicted octanol–water partition coefficient (Wildman–Crippen LogP) is 3.16. The molecule has 0 aliphatic carbocycles. The summed E-state index contributed by atoms with van der Waals surface area (Å²) in [5.41, 5.74) is 0.714. The third-order valence-corrected chi connectivity index (χ3v) is 4.64. The van der Waals surface area contributed by atoms with Crippen LogP contribution in [0.25, 0.3) is 0 Å². The smallest absolute Gasteiger partial charge is 0.178 e. The van der Waals surface area contributed by atoms with Crippen LogP contribution in [-0.2, 0) is 0 Å². The molecule has 1 atom stereocenters. The summed E-state index contributed by atoms with van der Waals surface area (Å²) in [5, 5.41) is 9.18. The molecule has 0 saturated heterocycles. The highest BCUT2D eigenvalue weighted by Gasteiger charge is 2.15. The van der Waals surface area contributed by atoms with Gasteiger partial charge < -0.3 is 5.11 Å². The van der Waals surface area contributed by atoms with Crippen LogP contribution in [-0.4, -0.2) is 42.0 Å². The fraction of sp³-hybridized carbons (Fsp3) is 0.545. The monoisotopic (exact) mass is 383 g/mol. The zero-order valence-corrected chi connectivity index (χ0v) is 13.7. The quantitative estimate of drug-likeness (QED) is 0.766. The van der Waals surface area contributed by atoms with Gasteiger partial charge in [0.1, 0.15) is 0 Å². The average molecular weight is 385 g/mol. The number of aliphatic hydroxyl groups excluding tert-OH is 1. The molecule has 1 rings (SSSR count). The third kappa shape index (κ3) is 5.18. The van der Waals surface area contributed by atoms with Crippen LogP contribution >= 0.6 is 43.2 Å². The number of rotatable bonds is 6. The number of hydrogen-bond acceptors (Lipinski definition) is 4. The molecule has 1 heterocycles. The molecule has 0 bridgehead atoms. The van der Waals surface area contributed by atoms with Crippen molar-refractivity contribution in [3.8, 4) is 0 Å². The Kier molecular flexibility index (Phi) is 6.30. The highest BCUT2D eigenvalue weighted by Crippen LogP contribution is 2.32. The Morgan fingerprint density at radius 3 is 2.71 bits per heavy atom. The number of halogens is 2. The zero-order valence-electron chi connectivity index (χ0n) is 9.74. The van der Waals surface area contributed by atoms with Crippen LogP contribution in [0.3, 0.4) is 0 Å². The van der Waals surface area contributed by atoms with Crippen LogP contribution < -0.4 is 0 Å². The number of ketones is 1. The summed E-state index contributed by atoms with van der Waals surface area (Å²) in [6.07, 6.45) is 0.354. The van der Waals surface area contributed by atoms with E-state index in [0.717, 1.165) is 7.57 Å². The van der Waals surface area contributed by atoms with E-state index in [1.807, 2.05) is 18.0 Å². The van der Waals surface area contributed by atoms with Crippen molar-refractivity contribution in [3.63, 3.8) is 0 Å². The summed E-state index contributed by atoms with van der Waals surface area (Å²) in [5.74, 6) is 0.0897. The lowest BCUT2D eigenvalue weighted by molar-refractivity contribution is 0.0931. The van der Waals surface area contributed by atoms with Crippen molar-refractivity contribution in [1.82, 2.24) is 4.90 Å². The minimum atomic E-state index is -0.324. The molecule has 0 saturated carbocycles. The molecule has 0 aliphatic heterocycles. The van der Waals surface area contributed by atoms with Gasteiger partial charge in [0.05, 0.1) is 20.2 Å². The first kappa shape index (κ1) is 15.3. The van der Waals surface area contributed by atoms with Gasteiger partial charge >= 0.3 is 0 Å². The molecular formula is C11H15Br2NO2S. The molecule has 0 aromatic carbocycles. The molecule has 1 aromatic rings. The number of likely N-dealkylation sites (N-methyl/N-ethyl adjacent to an activating group) is 1. The van der Waals surface area contributed by atoms with E-state index in [9.17, 15) is 9.90 Å². The minimum absolute atomic E-state index is 0.0897. The van der Waals surface area contributed by atoms with Crippen LogP contribution in [0.2, 0.25) is 0 Å². The van der Waals surface area contributed by atoms with Crippen molar-refractivity contribution in [3.05, 3.63) is 19.2 Å². The van der Waals surface area contributed by atoms with Gasteiger partial charge in [-0.1, -0.05) is 0 Å². The van der Waals surface area contributed by atoms with Gasteiger partial charge in [-0.05, 0) is 58.3 Å². The number of hydrogen-bond donors (Lipinski definition) is 1. The van der Waals surface area contributed by atoms with Crippen molar-refractivity contribution in [2.24, 2.45) is 0 Å². The summed E-state index contributed by atoms with van der Waals surface area (Å²) in [4.78, 5) is 13.9. The number of nitrogens with zero attached hydrogens (tertiary/aromatic N) is 1. The molecule has 17 heavy (non-hydrogen) atoms. The summed E-state index contributed by atoms with van der Waals surface area (Å²) in [7, 11) is 1.88. The second-order valence-electron chi connectivity index (χ2n) is 4.04. The third-order valence-electron chi connectivity index (χ3n) is 2.30. The van der Waals surface area contributed by atoms with Crippen LogP contribution in [0.5, 0.6) is 0 Å². The van der Waals surface area contributed by atoms with Gasteiger partial charge in [-0.2, -0.15) is 0 Å². The lowest BCUT2D eigenvalue weighted by Gasteiger charge is -2.16. The minimum Gasteiger partial charge on any atom is -0.393 e. The van der Waals surface area contributed by atoms with E-state index in [0.29, 0.717) is 25.1 Å². The van der Waals surface area contributed by atoms with E-state index in [-0.39, 0.29) is 11.9 Å². The van der Waals surface area contributed by atoms with E-state index in [1.165, 1.54) is 11.3 Å². The molecule has 6 heteroatoms. The van der Waals surface area contributed by atoms with Gasteiger partial charge in [0.25, 0.3) is 0 Å². The molecule has 0 radical (unpaired) electrons. The van der Waals surface area contributed by atoms with Crippen LogP contribution in [0.15, 0.2) is 13.6 Å². The van der Waals surface area contributed by atoms with Gasteiger partial charge in [-0.25, -0.2) is 0 Å². The molecule has 1 aromatic heterocycles. The standard InChI is InChI=1S/C11H15Br2NO2S/c1-7(15)3-4-14(2)6-9(16)8-5-10(12)17-11(8)13/h5,7,15H,3-4,6H2,1-2H3. The molecular weight excluding hydrogens is 370 g/mol. The van der Waals surface area contributed by atoms with Crippen molar-refractivity contribution >= 4 is 49.0 Å². The zero-order chi connectivity index (χ0) is 13.0. The number of carbonyl (C=O) groups is 1. The Hall–Kier alpha value is 0.250. The molecule has 96 valence electrons. The van der Waals surface area contributed by atoms with Gasteiger partial charge in [0.2, 0.25) is 0 Å². The Balaban J connectivity index is 2.51. The largest absolute Gasteiger partial charge is 0.393 e. The van der Waals surface area contributed by atoms with Gasteiger partial charge in [-0.3, -0.25) is 9.69 Å². The normalized spacial score (nSPS) is 13.1. The molecule has 0 spiro atoms. The maximum atomic E-state index is 12.0. The Bertz CT molecular complexity index is 393. The van der Waals surface area contributed by atoms with Crippen molar-refractivity contribution in [1.29, 1.82) is 0 Å². The van der Waals surface area contributed by atoms with Crippen molar-refractivity contribution < 1.29 is 9.90 Å². The fourth-order valence-corrected chi connectivity index (χ4v) is 4.20. The first-order valence-corrected chi connectivity index (χ1v) is 7.65. The molecule has 3 nitrogen and oxygen atoms in total. The topological polar surface area (TPSA) is 40.5 Å².